The van der Waals surface area contributed by atoms with Crippen LogP contribution in [0.1, 0.15) is 0 Å². The molecule has 0 bridgehead atoms. The van der Waals surface area contributed by atoms with E-state index < -0.39 is 0 Å². The molecule has 0 fully saturated rings. The van der Waals surface area contributed by atoms with Crippen LogP contribution in [0.2, 0.25) is 0 Å². The number of phenols is 1. The number of methoxy groups -OCH3 is 1. The molecule has 3 rings (SSSR count). The maximum absolute atomic E-state index is 12.0. The number of phenolic OH excluding ortho intramolecular Hbond substituents is 1. The van der Waals surface area contributed by atoms with Crippen LogP contribution in [-0.4, -0.2) is 22.2 Å². The Kier molecular flexibility index (Phi) is 2.87. The van der Waals surface area contributed by atoms with E-state index in [4.69, 9.17) is 4.74 Å². The lowest BCUT2D eigenvalue weighted by Crippen LogP contribution is -2.09. The maximum atomic E-state index is 12.0. The molecule has 3 aromatic rings. The van der Waals surface area contributed by atoms with Gasteiger partial charge in [-0.15, -0.1) is 0 Å². The fourth-order valence-corrected chi connectivity index (χ4v) is 2.01. The lowest BCUT2D eigenvalue weighted by atomic mass is 10.2. The van der Waals surface area contributed by atoms with Crippen LogP contribution in [0.25, 0.3) is 22.3 Å². The molecule has 1 heterocycles. The number of nitrogens with one attached hydrogen (secondary N) is 1. The third-order valence-corrected chi connectivity index (χ3v) is 3.05. The summed E-state index contributed by atoms with van der Waals surface area (Å²) in [6.07, 6.45) is 0. The summed E-state index contributed by atoms with van der Waals surface area (Å²) < 4.78 is 5.09. The van der Waals surface area contributed by atoms with Crippen molar-refractivity contribution in [2.24, 2.45) is 0 Å². The van der Waals surface area contributed by atoms with Crippen molar-refractivity contribution in [1.82, 2.24) is 9.97 Å². The third-order valence-electron chi connectivity index (χ3n) is 3.05. The molecule has 0 aliphatic rings. The van der Waals surface area contributed by atoms with Gasteiger partial charge in [-0.1, -0.05) is 0 Å². The summed E-state index contributed by atoms with van der Waals surface area (Å²) in [5.41, 5.74) is 1.05. The Morgan fingerprint density at radius 3 is 2.60 bits per heavy atom. The summed E-state index contributed by atoms with van der Waals surface area (Å²) in [5, 5.41) is 9.77. The van der Waals surface area contributed by atoms with E-state index in [1.165, 1.54) is 12.1 Å². The molecule has 0 radical (unpaired) electrons. The number of hydrogen-bond donors (Lipinski definition) is 2. The van der Waals surface area contributed by atoms with E-state index >= 15 is 0 Å². The summed E-state index contributed by atoms with van der Waals surface area (Å²) in [6.45, 7) is 0. The maximum Gasteiger partial charge on any atom is 0.259 e. The second-order valence-electron chi connectivity index (χ2n) is 4.34. The molecule has 100 valence electrons. The fourth-order valence-electron chi connectivity index (χ4n) is 2.01. The van der Waals surface area contributed by atoms with E-state index in [0.717, 1.165) is 11.3 Å². The van der Waals surface area contributed by atoms with Gasteiger partial charge >= 0.3 is 0 Å². The Morgan fingerprint density at radius 2 is 1.90 bits per heavy atom. The van der Waals surface area contributed by atoms with E-state index in [9.17, 15) is 9.90 Å². The van der Waals surface area contributed by atoms with Crippen molar-refractivity contribution in [3.8, 4) is 22.9 Å². The van der Waals surface area contributed by atoms with Gasteiger partial charge in [-0.05, 0) is 42.5 Å². The molecule has 0 unspecified atom stereocenters. The highest BCUT2D eigenvalue weighted by Crippen LogP contribution is 2.21. The Hall–Kier alpha value is -2.82. The van der Waals surface area contributed by atoms with Gasteiger partial charge in [-0.2, -0.15) is 0 Å². The van der Waals surface area contributed by atoms with Gasteiger partial charge in [0.2, 0.25) is 0 Å². The summed E-state index contributed by atoms with van der Waals surface area (Å²) in [5.74, 6) is 1.26. The highest BCUT2D eigenvalue weighted by molar-refractivity contribution is 5.80. The first-order valence-electron chi connectivity index (χ1n) is 6.05. The van der Waals surface area contributed by atoms with Crippen LogP contribution in [0.3, 0.4) is 0 Å². The smallest absolute Gasteiger partial charge is 0.259 e. The van der Waals surface area contributed by atoms with Crippen LogP contribution in [0.15, 0.2) is 47.3 Å². The lowest BCUT2D eigenvalue weighted by molar-refractivity contribution is 0.415. The van der Waals surface area contributed by atoms with Crippen LogP contribution in [0, 0.1) is 0 Å². The largest absolute Gasteiger partial charge is 0.508 e. The van der Waals surface area contributed by atoms with Gasteiger partial charge in [0.25, 0.3) is 5.56 Å². The number of aromatic amines is 1. The molecule has 5 heteroatoms. The standard InChI is InChI=1S/C15H12N2O3/c1-20-11-5-2-9(3-6-11)14-16-13-7-4-10(18)8-12(13)15(19)17-14/h2-8,18H,1H3,(H,16,17,19). The van der Waals surface area contributed by atoms with Gasteiger partial charge in [-0.25, -0.2) is 4.98 Å². The molecular weight excluding hydrogens is 256 g/mol. The SMILES string of the molecule is COc1ccc(-c2nc3ccc(O)cc3c(=O)[nH]2)cc1. The summed E-state index contributed by atoms with van der Waals surface area (Å²) in [6, 6.07) is 11.8. The number of fused-ring (bicyclic) bond motifs is 1. The Balaban J connectivity index is 2.16. The minimum Gasteiger partial charge on any atom is -0.508 e. The second-order valence-corrected chi connectivity index (χ2v) is 4.34. The van der Waals surface area contributed by atoms with Crippen LogP contribution in [0.5, 0.6) is 11.5 Å². The van der Waals surface area contributed by atoms with Crippen molar-refractivity contribution in [2.45, 2.75) is 0 Å². The predicted molar refractivity (Wildman–Crippen MR) is 76.0 cm³/mol. The van der Waals surface area contributed by atoms with Crippen molar-refractivity contribution in [3.63, 3.8) is 0 Å². The number of aromatic hydroxyl groups is 1. The highest BCUT2D eigenvalue weighted by Gasteiger charge is 2.06. The van der Waals surface area contributed by atoms with Gasteiger partial charge < -0.3 is 14.8 Å². The molecule has 2 aromatic carbocycles. The van der Waals surface area contributed by atoms with Gasteiger partial charge in [0, 0.05) is 5.56 Å². The lowest BCUT2D eigenvalue weighted by Gasteiger charge is -2.05. The number of ether oxygens (including phenoxy) is 1. The summed E-state index contributed by atoms with van der Waals surface area (Å²) >= 11 is 0. The summed E-state index contributed by atoms with van der Waals surface area (Å²) in [7, 11) is 1.59. The van der Waals surface area contributed by atoms with E-state index in [2.05, 4.69) is 9.97 Å². The van der Waals surface area contributed by atoms with E-state index in [1.54, 1.807) is 25.3 Å². The van der Waals surface area contributed by atoms with Crippen molar-refractivity contribution >= 4 is 10.9 Å². The molecule has 20 heavy (non-hydrogen) atoms. The first-order chi connectivity index (χ1) is 9.67. The Bertz CT molecular complexity index is 823. The zero-order valence-corrected chi connectivity index (χ0v) is 10.8. The predicted octanol–water partition coefficient (Wildman–Crippen LogP) is 2.30. The number of aromatic nitrogens is 2. The Morgan fingerprint density at radius 1 is 1.15 bits per heavy atom. The molecule has 0 saturated heterocycles. The Labute approximate surface area is 114 Å². The molecular formula is C15H12N2O3. The minimum atomic E-state index is -0.281. The topological polar surface area (TPSA) is 75.2 Å². The molecule has 0 aliphatic heterocycles. The van der Waals surface area contributed by atoms with Gasteiger partial charge in [0.1, 0.15) is 17.3 Å². The van der Waals surface area contributed by atoms with E-state index in [0.29, 0.717) is 16.7 Å². The number of nitrogens with zero attached hydrogens (tertiary/aromatic N) is 1. The molecule has 0 spiro atoms. The first kappa shape index (κ1) is 12.2. The average molecular weight is 268 g/mol. The average Bonchev–Trinajstić information content (AvgIpc) is 2.48. The highest BCUT2D eigenvalue weighted by atomic mass is 16.5. The second kappa shape index (κ2) is 4.70. The number of hydrogen-bond acceptors (Lipinski definition) is 4. The molecule has 0 amide bonds. The molecule has 5 nitrogen and oxygen atoms in total. The molecule has 0 aliphatic carbocycles. The van der Waals surface area contributed by atoms with Crippen molar-refractivity contribution < 1.29 is 9.84 Å². The molecule has 0 saturated carbocycles. The van der Waals surface area contributed by atoms with Crippen LogP contribution >= 0.6 is 0 Å². The van der Waals surface area contributed by atoms with Crippen molar-refractivity contribution in [2.75, 3.05) is 7.11 Å². The molecule has 0 atom stereocenters. The summed E-state index contributed by atoms with van der Waals surface area (Å²) in [4.78, 5) is 19.1. The van der Waals surface area contributed by atoms with E-state index in [-0.39, 0.29) is 11.3 Å². The van der Waals surface area contributed by atoms with Crippen LogP contribution < -0.4 is 10.3 Å². The van der Waals surface area contributed by atoms with Crippen LogP contribution in [0.4, 0.5) is 0 Å². The number of H-pyrrole nitrogens is 1. The zero-order valence-electron chi connectivity index (χ0n) is 10.8. The van der Waals surface area contributed by atoms with Gasteiger partial charge in [-0.3, -0.25) is 4.79 Å². The van der Waals surface area contributed by atoms with Crippen molar-refractivity contribution in [3.05, 3.63) is 52.8 Å². The molecule has 1 aromatic heterocycles. The minimum absolute atomic E-state index is 0.0435. The van der Waals surface area contributed by atoms with Crippen molar-refractivity contribution in [1.29, 1.82) is 0 Å². The normalized spacial score (nSPS) is 10.7. The number of rotatable bonds is 2. The van der Waals surface area contributed by atoms with Crippen LogP contribution in [-0.2, 0) is 0 Å². The van der Waals surface area contributed by atoms with E-state index in [1.807, 2.05) is 12.1 Å². The van der Waals surface area contributed by atoms with Gasteiger partial charge in [0.15, 0.2) is 0 Å². The quantitative estimate of drug-likeness (QED) is 0.747. The zero-order chi connectivity index (χ0) is 14.1. The van der Waals surface area contributed by atoms with Gasteiger partial charge in [0.05, 0.1) is 18.0 Å². The number of benzene rings is 2. The fraction of sp³-hybridized carbons (Fsp3) is 0.0667. The monoisotopic (exact) mass is 268 g/mol. The first-order valence-corrected chi connectivity index (χ1v) is 6.05. The molecule has 2 N–H and O–H groups in total. The third kappa shape index (κ3) is 2.09.